The zero-order valence-electron chi connectivity index (χ0n) is 18.2. The summed E-state index contributed by atoms with van der Waals surface area (Å²) in [5.74, 6) is -3.60. The minimum atomic E-state index is -3.60. The van der Waals surface area contributed by atoms with E-state index in [9.17, 15) is 0 Å². The van der Waals surface area contributed by atoms with Crippen LogP contribution in [-0.4, -0.2) is 9.55 Å². The van der Waals surface area contributed by atoms with E-state index in [1.807, 2.05) is 89.5 Å². The molecule has 5 aromatic rings. The molecule has 0 bridgehead atoms. The monoisotopic (exact) mass is 522 g/mol. The molecule has 0 aliphatic carbocycles. The summed E-state index contributed by atoms with van der Waals surface area (Å²) in [6.45, 7) is 0. The van der Waals surface area contributed by atoms with Gasteiger partial charge in [-0.2, -0.15) is 0 Å². The predicted octanol–water partition coefficient (Wildman–Crippen LogP) is 7.36. The number of para-hydroxylation sites is 1. The fraction of sp³-hybridized carbons (Fsp3) is 0.0357. The molecule has 0 amide bonds. The van der Waals surface area contributed by atoms with E-state index in [0.717, 1.165) is 27.3 Å². The first-order valence-electron chi connectivity index (χ1n) is 10.9. The summed E-state index contributed by atoms with van der Waals surface area (Å²) >= 11 is 21.6. The number of halogens is 3. The molecule has 0 unspecified atom stereocenters. The Balaban J connectivity index is 1.87. The summed E-state index contributed by atoms with van der Waals surface area (Å²) in [6.07, 6.45) is 0.443. The normalized spacial score (nSPS) is 12.7. The van der Waals surface area contributed by atoms with Gasteiger partial charge in [-0.05, 0) is 0 Å². The van der Waals surface area contributed by atoms with Crippen LogP contribution < -0.4 is 15.9 Å². The molecule has 0 saturated heterocycles. The first kappa shape index (κ1) is 23.1. The van der Waals surface area contributed by atoms with E-state index < -0.39 is 5.96 Å². The Bertz CT molecular complexity index is 1310. The molecule has 0 radical (unpaired) electrons. The van der Waals surface area contributed by atoms with Crippen LogP contribution in [0.15, 0.2) is 121 Å². The number of hydrogen-bond acceptors (Lipinski definition) is 1. The van der Waals surface area contributed by atoms with E-state index in [2.05, 4.69) is 41.4 Å². The zero-order chi connectivity index (χ0) is 23.6. The van der Waals surface area contributed by atoms with Crippen LogP contribution in [0.25, 0.3) is 5.69 Å². The van der Waals surface area contributed by atoms with Gasteiger partial charge >= 0.3 is 215 Å². The van der Waals surface area contributed by atoms with Crippen LogP contribution in [0.4, 0.5) is 0 Å². The molecule has 0 atom stereocenters. The van der Waals surface area contributed by atoms with Crippen molar-refractivity contribution in [3.8, 4) is 5.69 Å². The second-order valence-corrected chi connectivity index (χ2v) is 15.3. The van der Waals surface area contributed by atoms with Crippen LogP contribution >= 0.6 is 40.4 Å². The number of aromatic nitrogens is 2. The zero-order valence-corrected chi connectivity index (χ0v) is 21.4. The molecular weight excluding hydrogens is 502 g/mol. The average Bonchev–Trinajstić information content (AvgIpc) is 3.18. The molecule has 34 heavy (non-hydrogen) atoms. The summed E-state index contributed by atoms with van der Waals surface area (Å²) in [7, 11) is 0. The minimum absolute atomic E-state index is 0.308. The maximum absolute atomic E-state index is 8.24. The Morgan fingerprint density at radius 1 is 0.588 bits per heavy atom. The van der Waals surface area contributed by atoms with Crippen molar-refractivity contribution in [2.75, 3.05) is 0 Å². The summed E-state index contributed by atoms with van der Waals surface area (Å²) in [5.41, 5.74) is 1.67. The molecule has 5 rings (SSSR count). The van der Waals surface area contributed by atoms with Crippen LogP contribution in [0.5, 0.6) is 0 Å². The Hall–Kier alpha value is -2.61. The van der Waals surface area contributed by atoms with Gasteiger partial charge in [-0.3, -0.25) is 0 Å². The first-order valence-corrected chi connectivity index (χ1v) is 15.0. The fourth-order valence-electron chi connectivity index (χ4n) is 4.59. The molecule has 0 saturated carbocycles. The van der Waals surface area contributed by atoms with E-state index >= 15 is 0 Å². The quantitative estimate of drug-likeness (QED) is 0.213. The molecular formula is C28H22Cl3N2P. The molecule has 1 aromatic heterocycles. The van der Waals surface area contributed by atoms with E-state index in [1.54, 1.807) is 0 Å². The second-order valence-electron chi connectivity index (χ2n) is 8.14. The van der Waals surface area contributed by atoms with Crippen molar-refractivity contribution in [3.05, 3.63) is 137 Å². The summed E-state index contributed by atoms with van der Waals surface area (Å²) in [5, 5.41) is 3.83. The predicted molar refractivity (Wildman–Crippen MR) is 148 cm³/mol. The molecule has 6 heteroatoms. The van der Waals surface area contributed by atoms with Crippen LogP contribution in [0, 0.1) is 0 Å². The number of rotatable bonds is 6. The summed E-state index contributed by atoms with van der Waals surface area (Å²) in [4.78, 5) is 4.44. The number of benzene rings is 4. The Kier molecular flexibility index (Phi) is 6.27. The molecule has 0 aliphatic rings. The average molecular weight is 524 g/mol. The topological polar surface area (TPSA) is 17.8 Å². The molecule has 2 nitrogen and oxygen atoms in total. The van der Waals surface area contributed by atoms with Gasteiger partial charge in [0.1, 0.15) is 0 Å². The SMILES string of the molecule is Clc1nc(Cl)n(-c2ccccc2)c1CP(Cl)(c1ccccc1)(c1ccccc1)c1ccccc1. The van der Waals surface area contributed by atoms with Crippen molar-refractivity contribution < 1.29 is 0 Å². The van der Waals surface area contributed by atoms with Gasteiger partial charge in [0.2, 0.25) is 0 Å². The van der Waals surface area contributed by atoms with Crippen LogP contribution in [0.3, 0.4) is 0 Å². The van der Waals surface area contributed by atoms with Crippen molar-refractivity contribution in [1.82, 2.24) is 9.55 Å². The van der Waals surface area contributed by atoms with Crippen LogP contribution in [-0.2, 0) is 6.16 Å². The van der Waals surface area contributed by atoms with Crippen molar-refractivity contribution in [3.63, 3.8) is 0 Å². The molecule has 0 fully saturated rings. The van der Waals surface area contributed by atoms with Gasteiger partial charge < -0.3 is 0 Å². The van der Waals surface area contributed by atoms with E-state index in [4.69, 9.17) is 34.4 Å². The van der Waals surface area contributed by atoms with Gasteiger partial charge in [-0.1, -0.05) is 0 Å². The molecule has 0 aliphatic heterocycles. The molecule has 0 N–H and O–H groups in total. The molecule has 0 spiro atoms. The Morgan fingerprint density at radius 2 is 0.971 bits per heavy atom. The third-order valence-electron chi connectivity index (χ3n) is 6.23. The van der Waals surface area contributed by atoms with Gasteiger partial charge in [0.15, 0.2) is 0 Å². The van der Waals surface area contributed by atoms with Crippen molar-refractivity contribution >= 4 is 56.3 Å². The number of hydrogen-bond donors (Lipinski definition) is 0. The third kappa shape index (κ3) is 3.76. The summed E-state index contributed by atoms with van der Waals surface area (Å²) < 4.78 is 1.91. The standard InChI is InChI=1S/C28H22Cl3N2P/c29-27-26(33(28(30)32-27)22-13-5-1-6-14-22)21-34(31,23-15-7-2-8-16-23,24-17-9-3-10-18-24)25-19-11-4-12-20-25/h1-20H,21H2. The van der Waals surface area contributed by atoms with Gasteiger partial charge in [-0.15, -0.1) is 0 Å². The molecule has 1 heterocycles. The van der Waals surface area contributed by atoms with Crippen LogP contribution in [0.1, 0.15) is 5.69 Å². The van der Waals surface area contributed by atoms with Crippen LogP contribution in [0.2, 0.25) is 10.4 Å². The second kappa shape index (κ2) is 9.21. The van der Waals surface area contributed by atoms with Gasteiger partial charge in [-0.25, -0.2) is 0 Å². The van der Waals surface area contributed by atoms with Gasteiger partial charge in [0.05, 0.1) is 0 Å². The summed E-state index contributed by atoms with van der Waals surface area (Å²) in [6, 6.07) is 40.8. The Labute approximate surface area is 214 Å². The maximum atomic E-state index is 8.24. The van der Waals surface area contributed by atoms with E-state index in [-0.39, 0.29) is 0 Å². The third-order valence-corrected chi connectivity index (χ3v) is 13.9. The first-order chi connectivity index (χ1) is 16.5. The van der Waals surface area contributed by atoms with Gasteiger partial charge in [0, 0.05) is 0 Å². The molecule has 170 valence electrons. The van der Waals surface area contributed by atoms with E-state index in [1.165, 1.54) is 0 Å². The Morgan fingerprint density at radius 3 is 1.38 bits per heavy atom. The van der Waals surface area contributed by atoms with E-state index in [0.29, 0.717) is 16.6 Å². The molecule has 4 aromatic carbocycles. The number of nitrogens with zero attached hydrogens (tertiary/aromatic N) is 2. The van der Waals surface area contributed by atoms with Gasteiger partial charge in [0.25, 0.3) is 0 Å². The van der Waals surface area contributed by atoms with Crippen molar-refractivity contribution in [1.29, 1.82) is 0 Å². The fourth-order valence-corrected chi connectivity index (χ4v) is 11.3. The number of imidazole rings is 1. The van der Waals surface area contributed by atoms with Crippen molar-refractivity contribution in [2.24, 2.45) is 0 Å². The van der Waals surface area contributed by atoms with Crippen molar-refractivity contribution in [2.45, 2.75) is 6.16 Å².